The third-order valence-corrected chi connectivity index (χ3v) is 4.27. The summed E-state index contributed by atoms with van der Waals surface area (Å²) >= 11 is 12.0. The van der Waals surface area contributed by atoms with Crippen LogP contribution < -0.4 is 5.32 Å². The van der Waals surface area contributed by atoms with Gasteiger partial charge in [0.15, 0.2) is 0 Å². The first-order valence-electron chi connectivity index (χ1n) is 6.70. The Hall–Kier alpha value is -1.46. The van der Waals surface area contributed by atoms with Gasteiger partial charge in [-0.2, -0.15) is 0 Å². The van der Waals surface area contributed by atoms with Gasteiger partial charge < -0.3 is 15.3 Å². The molecular formula is C14H16Cl2N2O3. The summed E-state index contributed by atoms with van der Waals surface area (Å²) in [4.78, 5) is 24.8. The fourth-order valence-electron chi connectivity index (χ4n) is 2.35. The van der Waals surface area contributed by atoms with E-state index >= 15 is 0 Å². The number of likely N-dealkylation sites (tertiary alicyclic amines) is 1. The van der Waals surface area contributed by atoms with Crippen molar-refractivity contribution in [2.45, 2.75) is 19.8 Å². The first-order chi connectivity index (χ1) is 9.92. The van der Waals surface area contributed by atoms with Crippen LogP contribution in [0.4, 0.5) is 10.5 Å². The summed E-state index contributed by atoms with van der Waals surface area (Å²) < 4.78 is 0. The number of benzene rings is 1. The molecule has 1 saturated heterocycles. The summed E-state index contributed by atoms with van der Waals surface area (Å²) in [5.41, 5.74) is 0.225. The summed E-state index contributed by atoms with van der Waals surface area (Å²) in [7, 11) is 0. The number of anilines is 1. The van der Waals surface area contributed by atoms with Gasteiger partial charge >= 0.3 is 12.0 Å². The van der Waals surface area contributed by atoms with Crippen molar-refractivity contribution in [1.82, 2.24) is 4.90 Å². The molecule has 21 heavy (non-hydrogen) atoms. The van der Waals surface area contributed by atoms with E-state index in [1.165, 1.54) is 12.1 Å². The Morgan fingerprint density at radius 2 is 2.00 bits per heavy atom. The first kappa shape index (κ1) is 15.9. The normalized spacial score (nSPS) is 17.9. The minimum Gasteiger partial charge on any atom is -0.478 e. The molecule has 1 aliphatic heterocycles. The lowest BCUT2D eigenvalue weighted by atomic mass is 10.1. The average Bonchev–Trinajstić information content (AvgIpc) is 2.91. The molecule has 2 amide bonds. The highest BCUT2D eigenvalue weighted by Gasteiger charge is 2.26. The van der Waals surface area contributed by atoms with E-state index in [0.29, 0.717) is 19.0 Å². The Balaban J connectivity index is 2.13. The average molecular weight is 331 g/mol. The van der Waals surface area contributed by atoms with Crippen molar-refractivity contribution in [3.05, 3.63) is 27.7 Å². The molecule has 114 valence electrons. The zero-order valence-corrected chi connectivity index (χ0v) is 13.0. The summed E-state index contributed by atoms with van der Waals surface area (Å²) in [6, 6.07) is 2.27. The van der Waals surface area contributed by atoms with Gasteiger partial charge in [-0.1, -0.05) is 36.5 Å². The molecule has 1 unspecified atom stereocenters. The van der Waals surface area contributed by atoms with Crippen LogP contribution in [0.1, 0.15) is 30.1 Å². The largest absolute Gasteiger partial charge is 0.478 e. The van der Waals surface area contributed by atoms with Crippen molar-refractivity contribution in [3.63, 3.8) is 0 Å². The Bertz CT molecular complexity index is 554. The number of rotatable bonds is 3. The lowest BCUT2D eigenvalue weighted by Gasteiger charge is -2.18. The van der Waals surface area contributed by atoms with Gasteiger partial charge in [-0.05, 0) is 24.5 Å². The fourth-order valence-corrected chi connectivity index (χ4v) is 2.93. The van der Waals surface area contributed by atoms with Crippen molar-refractivity contribution >= 4 is 40.9 Å². The number of halogens is 2. The molecule has 0 bridgehead atoms. The standard InChI is InChI=1S/C14H16Cl2N2O3/c1-2-8-3-4-18(7-8)14(21)17-12-10(15)5-9(13(19)20)6-11(12)16/h5-6,8H,2-4,7H2,1H3,(H,17,21)(H,19,20). The van der Waals surface area contributed by atoms with Crippen molar-refractivity contribution < 1.29 is 14.7 Å². The summed E-state index contributed by atoms with van der Waals surface area (Å²) in [5.74, 6) is -0.599. The zero-order chi connectivity index (χ0) is 15.6. The van der Waals surface area contributed by atoms with E-state index in [4.69, 9.17) is 28.3 Å². The van der Waals surface area contributed by atoms with Crippen molar-refractivity contribution in [1.29, 1.82) is 0 Å². The molecule has 2 N–H and O–H groups in total. The van der Waals surface area contributed by atoms with Crippen LogP contribution in [-0.4, -0.2) is 35.1 Å². The number of nitrogens with zero attached hydrogens (tertiary/aromatic N) is 1. The number of carbonyl (C=O) groups is 2. The number of carboxylic acids is 1. The van der Waals surface area contributed by atoms with Gasteiger partial charge in [0.25, 0.3) is 0 Å². The van der Waals surface area contributed by atoms with Crippen molar-refractivity contribution in [2.24, 2.45) is 5.92 Å². The molecule has 0 saturated carbocycles. The smallest absolute Gasteiger partial charge is 0.335 e. The van der Waals surface area contributed by atoms with Gasteiger partial charge in [-0.15, -0.1) is 0 Å². The number of nitrogens with one attached hydrogen (secondary N) is 1. The van der Waals surface area contributed by atoms with Gasteiger partial charge in [0.05, 0.1) is 21.3 Å². The minimum atomic E-state index is -1.12. The molecule has 2 rings (SSSR count). The highest BCUT2D eigenvalue weighted by molar-refractivity contribution is 6.40. The van der Waals surface area contributed by atoms with Gasteiger partial charge in [0.1, 0.15) is 0 Å². The quantitative estimate of drug-likeness (QED) is 0.881. The van der Waals surface area contributed by atoms with Crippen LogP contribution in [0.5, 0.6) is 0 Å². The van der Waals surface area contributed by atoms with Crippen molar-refractivity contribution in [2.75, 3.05) is 18.4 Å². The Labute approximate surface area is 132 Å². The number of hydrogen-bond acceptors (Lipinski definition) is 2. The van der Waals surface area contributed by atoms with E-state index in [1.54, 1.807) is 4.90 Å². The second kappa shape index (κ2) is 6.54. The highest BCUT2D eigenvalue weighted by atomic mass is 35.5. The van der Waals surface area contributed by atoms with E-state index in [1.807, 2.05) is 0 Å². The molecule has 1 aromatic rings. The number of carbonyl (C=O) groups excluding carboxylic acids is 1. The van der Waals surface area contributed by atoms with E-state index < -0.39 is 5.97 Å². The maximum atomic E-state index is 12.2. The lowest BCUT2D eigenvalue weighted by Crippen LogP contribution is -2.33. The number of hydrogen-bond donors (Lipinski definition) is 2. The number of carboxylic acid groups (broad SMARTS) is 1. The van der Waals surface area contributed by atoms with Crippen LogP contribution in [0, 0.1) is 5.92 Å². The molecular weight excluding hydrogens is 315 g/mol. The van der Waals surface area contributed by atoms with Crippen molar-refractivity contribution in [3.8, 4) is 0 Å². The van der Waals surface area contributed by atoms with E-state index in [-0.39, 0.29) is 27.3 Å². The van der Waals surface area contributed by atoms with Crippen LogP contribution >= 0.6 is 23.2 Å². The first-order valence-corrected chi connectivity index (χ1v) is 7.46. The Kier molecular flexibility index (Phi) is 4.96. The van der Waals surface area contributed by atoms with Crippen LogP contribution in [0.25, 0.3) is 0 Å². The molecule has 7 heteroatoms. The zero-order valence-electron chi connectivity index (χ0n) is 11.5. The minimum absolute atomic E-state index is 0.0183. The number of aromatic carboxylic acids is 1. The second-order valence-electron chi connectivity index (χ2n) is 5.06. The molecule has 1 aliphatic rings. The van der Waals surface area contributed by atoms with E-state index in [0.717, 1.165) is 12.8 Å². The third-order valence-electron chi connectivity index (χ3n) is 3.67. The molecule has 1 aromatic carbocycles. The molecule has 1 heterocycles. The van der Waals surface area contributed by atoms with Gasteiger partial charge in [-0.25, -0.2) is 9.59 Å². The van der Waals surface area contributed by atoms with Gasteiger partial charge in [0.2, 0.25) is 0 Å². The monoisotopic (exact) mass is 330 g/mol. The molecule has 1 fully saturated rings. The predicted octanol–water partition coefficient (Wildman–Crippen LogP) is 3.96. The van der Waals surface area contributed by atoms with E-state index in [2.05, 4.69) is 12.2 Å². The highest BCUT2D eigenvalue weighted by Crippen LogP contribution is 2.32. The third kappa shape index (κ3) is 3.60. The van der Waals surface area contributed by atoms with Crippen LogP contribution in [0.3, 0.4) is 0 Å². The van der Waals surface area contributed by atoms with Crippen LogP contribution in [-0.2, 0) is 0 Å². The molecule has 5 nitrogen and oxygen atoms in total. The molecule has 1 atom stereocenters. The molecule has 0 spiro atoms. The molecule has 0 radical (unpaired) electrons. The second-order valence-corrected chi connectivity index (χ2v) is 5.87. The lowest BCUT2D eigenvalue weighted by molar-refractivity contribution is 0.0697. The number of urea groups is 1. The summed E-state index contributed by atoms with van der Waals surface area (Å²) in [6.07, 6.45) is 2.03. The SMILES string of the molecule is CCC1CCN(C(=O)Nc2c(Cl)cc(C(=O)O)cc2Cl)C1. The number of amides is 2. The molecule has 0 aliphatic carbocycles. The molecule has 0 aromatic heterocycles. The maximum Gasteiger partial charge on any atom is 0.335 e. The Morgan fingerprint density at radius 3 is 2.48 bits per heavy atom. The van der Waals surface area contributed by atoms with Gasteiger partial charge in [-0.3, -0.25) is 0 Å². The fraction of sp³-hybridized carbons (Fsp3) is 0.429. The maximum absolute atomic E-state index is 12.2. The Morgan fingerprint density at radius 1 is 1.38 bits per heavy atom. The summed E-state index contributed by atoms with van der Waals surface area (Å²) in [5, 5.41) is 11.8. The van der Waals surface area contributed by atoms with E-state index in [9.17, 15) is 9.59 Å². The van der Waals surface area contributed by atoms with Crippen LogP contribution in [0.15, 0.2) is 12.1 Å². The van der Waals surface area contributed by atoms with Crippen LogP contribution in [0.2, 0.25) is 10.0 Å². The van der Waals surface area contributed by atoms with Gasteiger partial charge in [0, 0.05) is 13.1 Å². The summed E-state index contributed by atoms with van der Waals surface area (Å²) in [6.45, 7) is 3.52. The predicted molar refractivity (Wildman–Crippen MR) is 82.4 cm³/mol. The topological polar surface area (TPSA) is 69.6 Å².